The van der Waals surface area contributed by atoms with Gasteiger partial charge in [0.25, 0.3) is 0 Å². The summed E-state index contributed by atoms with van der Waals surface area (Å²) in [5, 5.41) is 12.8. The molecule has 1 aliphatic rings. The molecule has 3 heteroatoms. The first kappa shape index (κ1) is 10.7. The van der Waals surface area contributed by atoms with Gasteiger partial charge in [0.2, 0.25) is 0 Å². The van der Waals surface area contributed by atoms with E-state index in [0.717, 1.165) is 31.8 Å². The van der Waals surface area contributed by atoms with Gasteiger partial charge in [0.15, 0.2) is 0 Å². The fourth-order valence-electron chi connectivity index (χ4n) is 2.24. The Morgan fingerprint density at radius 2 is 2.13 bits per heavy atom. The van der Waals surface area contributed by atoms with E-state index in [2.05, 4.69) is 16.4 Å². The summed E-state index contributed by atoms with van der Waals surface area (Å²) in [4.78, 5) is 3.18. The number of hydrogen-bond donors (Lipinski definition) is 3. The molecule has 1 fully saturated rings. The second-order valence-electron chi connectivity index (χ2n) is 4.50. The predicted octanol–water partition coefficient (Wildman–Crippen LogP) is 1.66. The molecule has 0 aromatic carbocycles. The van der Waals surface area contributed by atoms with Gasteiger partial charge in [-0.1, -0.05) is 0 Å². The molecule has 0 saturated heterocycles. The first-order valence-electron chi connectivity index (χ1n) is 5.85. The molecule has 0 atom stereocenters. The molecule has 1 aliphatic carbocycles. The maximum atomic E-state index is 9.38. The molecule has 0 amide bonds. The monoisotopic (exact) mass is 208 g/mol. The van der Waals surface area contributed by atoms with Crippen molar-refractivity contribution in [2.75, 3.05) is 6.54 Å². The van der Waals surface area contributed by atoms with E-state index < -0.39 is 0 Å². The summed E-state index contributed by atoms with van der Waals surface area (Å²) in [5.74, 6) is 0.753. The average Bonchev–Trinajstić information content (AvgIpc) is 2.74. The van der Waals surface area contributed by atoms with Crippen LogP contribution in [-0.2, 0) is 6.54 Å². The van der Waals surface area contributed by atoms with Gasteiger partial charge in [-0.15, -0.1) is 0 Å². The zero-order valence-corrected chi connectivity index (χ0v) is 9.08. The number of H-pyrrole nitrogens is 1. The molecule has 2 rings (SSSR count). The van der Waals surface area contributed by atoms with Crippen LogP contribution in [0.1, 0.15) is 31.4 Å². The zero-order valence-electron chi connectivity index (χ0n) is 9.08. The third-order valence-electron chi connectivity index (χ3n) is 3.23. The van der Waals surface area contributed by atoms with Gasteiger partial charge in [0, 0.05) is 18.4 Å². The SMILES string of the molecule is OC1CCC(CNCc2ccc[nH]2)CC1. The molecule has 84 valence electrons. The lowest BCUT2D eigenvalue weighted by Gasteiger charge is -2.25. The van der Waals surface area contributed by atoms with Crippen LogP contribution < -0.4 is 5.32 Å². The predicted molar refractivity (Wildman–Crippen MR) is 60.5 cm³/mol. The van der Waals surface area contributed by atoms with Crippen molar-refractivity contribution in [3.63, 3.8) is 0 Å². The van der Waals surface area contributed by atoms with Gasteiger partial charge in [-0.25, -0.2) is 0 Å². The van der Waals surface area contributed by atoms with E-state index in [0.29, 0.717) is 0 Å². The lowest BCUT2D eigenvalue weighted by atomic mass is 9.87. The van der Waals surface area contributed by atoms with Crippen LogP contribution in [0.15, 0.2) is 18.3 Å². The Balaban J connectivity index is 1.62. The average molecular weight is 208 g/mol. The summed E-state index contributed by atoms with van der Waals surface area (Å²) < 4.78 is 0. The summed E-state index contributed by atoms with van der Waals surface area (Å²) in [7, 11) is 0. The number of nitrogens with one attached hydrogen (secondary N) is 2. The normalized spacial score (nSPS) is 26.7. The second kappa shape index (κ2) is 5.33. The fourth-order valence-corrected chi connectivity index (χ4v) is 2.24. The molecular formula is C12H20N2O. The van der Waals surface area contributed by atoms with Crippen LogP contribution in [0.4, 0.5) is 0 Å². The van der Waals surface area contributed by atoms with Crippen molar-refractivity contribution >= 4 is 0 Å². The van der Waals surface area contributed by atoms with E-state index in [1.54, 1.807) is 0 Å². The Labute approximate surface area is 90.9 Å². The van der Waals surface area contributed by atoms with Crippen LogP contribution in [0.3, 0.4) is 0 Å². The number of aliphatic hydroxyl groups excluding tert-OH is 1. The summed E-state index contributed by atoms with van der Waals surface area (Å²) in [5.41, 5.74) is 1.24. The van der Waals surface area contributed by atoms with E-state index >= 15 is 0 Å². The van der Waals surface area contributed by atoms with Crippen LogP contribution >= 0.6 is 0 Å². The highest BCUT2D eigenvalue weighted by Gasteiger charge is 2.18. The number of aromatic amines is 1. The second-order valence-corrected chi connectivity index (χ2v) is 4.50. The highest BCUT2D eigenvalue weighted by molar-refractivity contribution is 5.02. The van der Waals surface area contributed by atoms with Crippen molar-refractivity contribution in [1.82, 2.24) is 10.3 Å². The number of rotatable bonds is 4. The first-order valence-corrected chi connectivity index (χ1v) is 5.85. The molecule has 3 N–H and O–H groups in total. The Hall–Kier alpha value is -0.800. The highest BCUT2D eigenvalue weighted by atomic mass is 16.3. The van der Waals surface area contributed by atoms with Gasteiger partial charge in [0.05, 0.1) is 6.10 Å². The number of aliphatic hydroxyl groups is 1. The van der Waals surface area contributed by atoms with Gasteiger partial charge in [0.1, 0.15) is 0 Å². The minimum absolute atomic E-state index is 0.0374. The Morgan fingerprint density at radius 3 is 2.80 bits per heavy atom. The first-order chi connectivity index (χ1) is 7.34. The van der Waals surface area contributed by atoms with Crippen molar-refractivity contribution in [2.45, 2.75) is 38.3 Å². The van der Waals surface area contributed by atoms with E-state index in [9.17, 15) is 5.11 Å². The molecule has 3 nitrogen and oxygen atoms in total. The van der Waals surface area contributed by atoms with Crippen LogP contribution in [0.2, 0.25) is 0 Å². The summed E-state index contributed by atoms with van der Waals surface area (Å²) in [6.07, 6.45) is 6.21. The van der Waals surface area contributed by atoms with Crippen LogP contribution in [0.25, 0.3) is 0 Å². The molecule has 0 spiro atoms. The van der Waals surface area contributed by atoms with E-state index in [4.69, 9.17) is 0 Å². The maximum Gasteiger partial charge on any atom is 0.0540 e. The molecule has 1 saturated carbocycles. The molecule has 1 aromatic heterocycles. The Bertz CT molecular complexity index is 263. The van der Waals surface area contributed by atoms with E-state index in [1.807, 2.05) is 12.3 Å². The molecule has 1 heterocycles. The zero-order chi connectivity index (χ0) is 10.5. The third-order valence-corrected chi connectivity index (χ3v) is 3.23. The van der Waals surface area contributed by atoms with Crippen molar-refractivity contribution in [2.24, 2.45) is 5.92 Å². The van der Waals surface area contributed by atoms with Crippen molar-refractivity contribution in [1.29, 1.82) is 0 Å². The summed E-state index contributed by atoms with van der Waals surface area (Å²) in [6.45, 7) is 2.00. The number of hydrogen-bond acceptors (Lipinski definition) is 2. The quantitative estimate of drug-likeness (QED) is 0.704. The Morgan fingerprint density at radius 1 is 1.33 bits per heavy atom. The summed E-state index contributed by atoms with van der Waals surface area (Å²) >= 11 is 0. The van der Waals surface area contributed by atoms with Crippen LogP contribution in [0.5, 0.6) is 0 Å². The fraction of sp³-hybridized carbons (Fsp3) is 0.667. The third kappa shape index (κ3) is 3.36. The minimum atomic E-state index is -0.0374. The number of aromatic nitrogens is 1. The van der Waals surface area contributed by atoms with Crippen molar-refractivity contribution in [3.8, 4) is 0 Å². The molecule has 0 aliphatic heterocycles. The minimum Gasteiger partial charge on any atom is -0.393 e. The summed E-state index contributed by atoms with van der Waals surface area (Å²) in [6, 6.07) is 4.12. The van der Waals surface area contributed by atoms with Crippen molar-refractivity contribution in [3.05, 3.63) is 24.0 Å². The van der Waals surface area contributed by atoms with Gasteiger partial charge in [-0.3, -0.25) is 0 Å². The lowest BCUT2D eigenvalue weighted by Crippen LogP contribution is -2.27. The van der Waals surface area contributed by atoms with E-state index in [-0.39, 0.29) is 6.10 Å². The van der Waals surface area contributed by atoms with Gasteiger partial charge in [-0.05, 0) is 50.3 Å². The topological polar surface area (TPSA) is 48.0 Å². The highest BCUT2D eigenvalue weighted by Crippen LogP contribution is 2.23. The van der Waals surface area contributed by atoms with Gasteiger partial charge >= 0.3 is 0 Å². The van der Waals surface area contributed by atoms with Crippen molar-refractivity contribution < 1.29 is 5.11 Å². The Kier molecular flexibility index (Phi) is 3.80. The molecule has 1 aromatic rings. The maximum absolute atomic E-state index is 9.38. The molecule has 0 radical (unpaired) electrons. The molecule has 15 heavy (non-hydrogen) atoms. The van der Waals surface area contributed by atoms with Gasteiger partial charge < -0.3 is 15.4 Å². The molecule has 0 bridgehead atoms. The standard InChI is InChI=1S/C12H20N2O/c15-12-5-3-10(4-6-12)8-13-9-11-2-1-7-14-11/h1-2,7,10,12-15H,3-6,8-9H2. The largest absolute Gasteiger partial charge is 0.393 e. The lowest BCUT2D eigenvalue weighted by molar-refractivity contribution is 0.108. The van der Waals surface area contributed by atoms with E-state index in [1.165, 1.54) is 18.5 Å². The molecular weight excluding hydrogens is 188 g/mol. The van der Waals surface area contributed by atoms with Crippen LogP contribution in [0, 0.1) is 5.92 Å². The van der Waals surface area contributed by atoms with Crippen LogP contribution in [-0.4, -0.2) is 22.7 Å². The smallest absolute Gasteiger partial charge is 0.0540 e. The molecule has 0 unspecified atom stereocenters. The van der Waals surface area contributed by atoms with Gasteiger partial charge in [-0.2, -0.15) is 0 Å².